The Morgan fingerprint density at radius 1 is 1.41 bits per heavy atom. The number of nitrogens with zero attached hydrogens (tertiary/aromatic N) is 4. The van der Waals surface area contributed by atoms with E-state index in [-0.39, 0.29) is 0 Å². The molecule has 2 aromatic rings. The highest BCUT2D eigenvalue weighted by molar-refractivity contribution is 14.1. The minimum Gasteiger partial charge on any atom is -0.383 e. The summed E-state index contributed by atoms with van der Waals surface area (Å²) in [5.41, 5.74) is 7.80. The summed E-state index contributed by atoms with van der Waals surface area (Å²) in [4.78, 5) is 8.91. The molecule has 0 saturated heterocycles. The largest absolute Gasteiger partial charge is 0.383 e. The van der Waals surface area contributed by atoms with Crippen molar-refractivity contribution in [1.82, 2.24) is 19.7 Å². The molecule has 2 heterocycles. The van der Waals surface area contributed by atoms with Gasteiger partial charge in [0, 0.05) is 19.2 Å². The molecule has 0 bridgehead atoms. The van der Waals surface area contributed by atoms with Gasteiger partial charge in [-0.25, -0.2) is 9.97 Å². The molecule has 2 aromatic heterocycles. The summed E-state index contributed by atoms with van der Waals surface area (Å²) in [6.45, 7) is 0. The third-order valence-corrected chi connectivity index (χ3v) is 3.91. The molecule has 0 spiro atoms. The smallest absolute Gasteiger partial charge is 0.182 e. The van der Waals surface area contributed by atoms with Crippen LogP contribution in [0.1, 0.15) is 24.5 Å². The lowest BCUT2D eigenvalue weighted by atomic mass is 10.2. The highest BCUT2D eigenvalue weighted by atomic mass is 127. The van der Waals surface area contributed by atoms with E-state index in [1.165, 1.54) is 12.8 Å². The van der Waals surface area contributed by atoms with Crippen LogP contribution in [0.4, 0.5) is 5.82 Å². The minimum absolute atomic E-state index is 0.558. The highest BCUT2D eigenvalue weighted by Gasteiger charge is 2.29. The Labute approximate surface area is 113 Å². The molecule has 0 amide bonds. The minimum atomic E-state index is 0.558. The number of rotatable bonds is 2. The predicted octanol–water partition coefficient (Wildman–Crippen LogP) is 1.94. The molecule has 0 radical (unpaired) electrons. The number of aromatic nitrogens is 4. The number of hydrogen-bond acceptors (Lipinski definition) is 4. The van der Waals surface area contributed by atoms with Gasteiger partial charge < -0.3 is 5.73 Å². The third-order valence-electron chi connectivity index (χ3n) is 2.81. The van der Waals surface area contributed by atoms with Crippen LogP contribution in [-0.2, 0) is 7.05 Å². The fraction of sp³-hybridized carbons (Fsp3) is 0.364. The fourth-order valence-electron chi connectivity index (χ4n) is 1.76. The van der Waals surface area contributed by atoms with Gasteiger partial charge in [0.15, 0.2) is 5.82 Å². The van der Waals surface area contributed by atoms with Gasteiger partial charge in [0.25, 0.3) is 0 Å². The lowest BCUT2D eigenvalue weighted by Gasteiger charge is -2.06. The SMILES string of the molecule is Cn1ccc(-c2nc(N)c(I)c(C3CC3)n2)n1. The Bertz CT molecular complexity index is 573. The fourth-order valence-corrected chi connectivity index (χ4v) is 2.44. The quantitative estimate of drug-likeness (QED) is 0.848. The van der Waals surface area contributed by atoms with Crippen LogP contribution in [0.5, 0.6) is 0 Å². The van der Waals surface area contributed by atoms with E-state index in [1.807, 2.05) is 19.3 Å². The highest BCUT2D eigenvalue weighted by Crippen LogP contribution is 2.42. The Balaban J connectivity index is 2.11. The number of aryl methyl sites for hydroxylation is 1. The molecule has 17 heavy (non-hydrogen) atoms. The van der Waals surface area contributed by atoms with Crippen molar-refractivity contribution in [3.8, 4) is 11.5 Å². The van der Waals surface area contributed by atoms with Gasteiger partial charge in [-0.15, -0.1) is 0 Å². The van der Waals surface area contributed by atoms with Crippen LogP contribution in [0.15, 0.2) is 12.3 Å². The van der Waals surface area contributed by atoms with Crippen LogP contribution >= 0.6 is 22.6 Å². The molecular formula is C11H12IN5. The van der Waals surface area contributed by atoms with Crippen LogP contribution in [-0.4, -0.2) is 19.7 Å². The van der Waals surface area contributed by atoms with Crippen molar-refractivity contribution < 1.29 is 0 Å². The molecule has 5 nitrogen and oxygen atoms in total. The van der Waals surface area contributed by atoms with Crippen molar-refractivity contribution in [3.05, 3.63) is 21.5 Å². The van der Waals surface area contributed by atoms with Gasteiger partial charge in [0.1, 0.15) is 11.5 Å². The zero-order valence-corrected chi connectivity index (χ0v) is 11.5. The van der Waals surface area contributed by atoms with Crippen molar-refractivity contribution in [1.29, 1.82) is 0 Å². The molecule has 1 saturated carbocycles. The molecule has 1 fully saturated rings. The Morgan fingerprint density at radius 3 is 2.76 bits per heavy atom. The van der Waals surface area contributed by atoms with Crippen molar-refractivity contribution in [2.45, 2.75) is 18.8 Å². The first-order valence-electron chi connectivity index (χ1n) is 5.48. The molecule has 1 aliphatic rings. The summed E-state index contributed by atoms with van der Waals surface area (Å²) in [5, 5.41) is 4.31. The topological polar surface area (TPSA) is 69.6 Å². The van der Waals surface area contributed by atoms with Crippen molar-refractivity contribution in [2.75, 3.05) is 5.73 Å². The average molecular weight is 341 g/mol. The number of anilines is 1. The summed E-state index contributed by atoms with van der Waals surface area (Å²) >= 11 is 2.23. The molecule has 0 aromatic carbocycles. The van der Waals surface area contributed by atoms with E-state index in [0.29, 0.717) is 17.6 Å². The normalized spacial score (nSPS) is 15.2. The number of halogens is 1. The Hall–Kier alpha value is -1.18. The number of nitrogen functional groups attached to an aromatic ring is 1. The average Bonchev–Trinajstić information content (AvgIpc) is 3.05. The van der Waals surface area contributed by atoms with Crippen LogP contribution in [0.25, 0.3) is 11.5 Å². The van der Waals surface area contributed by atoms with E-state index in [1.54, 1.807) is 4.68 Å². The van der Waals surface area contributed by atoms with Gasteiger partial charge in [-0.1, -0.05) is 0 Å². The van der Waals surface area contributed by atoms with Crippen LogP contribution in [0.3, 0.4) is 0 Å². The Morgan fingerprint density at radius 2 is 2.18 bits per heavy atom. The van der Waals surface area contributed by atoms with Gasteiger partial charge in [-0.3, -0.25) is 4.68 Å². The lowest BCUT2D eigenvalue weighted by Crippen LogP contribution is -2.04. The maximum atomic E-state index is 5.94. The second-order valence-corrected chi connectivity index (χ2v) is 5.36. The van der Waals surface area contributed by atoms with Crippen molar-refractivity contribution in [2.24, 2.45) is 7.05 Å². The molecule has 1 aliphatic carbocycles. The molecule has 6 heteroatoms. The molecule has 2 N–H and O–H groups in total. The van der Waals surface area contributed by atoms with Crippen molar-refractivity contribution >= 4 is 28.4 Å². The summed E-state index contributed by atoms with van der Waals surface area (Å²) in [6, 6.07) is 1.90. The molecule has 0 unspecified atom stereocenters. The summed E-state index contributed by atoms with van der Waals surface area (Å²) < 4.78 is 2.73. The Kier molecular flexibility index (Phi) is 2.53. The molecule has 88 valence electrons. The maximum absolute atomic E-state index is 5.94. The second-order valence-electron chi connectivity index (χ2n) is 4.28. The van der Waals surface area contributed by atoms with Crippen LogP contribution < -0.4 is 5.73 Å². The van der Waals surface area contributed by atoms with Gasteiger partial charge in [0.05, 0.1) is 9.26 Å². The first-order chi connectivity index (χ1) is 8.15. The van der Waals surface area contributed by atoms with E-state index >= 15 is 0 Å². The van der Waals surface area contributed by atoms with E-state index in [0.717, 1.165) is 15.0 Å². The lowest BCUT2D eigenvalue weighted by molar-refractivity contribution is 0.768. The molecular weight excluding hydrogens is 329 g/mol. The van der Waals surface area contributed by atoms with Gasteiger partial charge >= 0.3 is 0 Å². The second kappa shape index (κ2) is 3.94. The standard InChI is InChI=1S/C11H12IN5/c1-17-5-4-7(16-17)11-14-9(6-2-3-6)8(12)10(13)15-11/h4-6H,2-3H2,1H3,(H2,13,14,15). The molecule has 0 atom stereocenters. The molecule has 3 rings (SSSR count). The van der Waals surface area contributed by atoms with E-state index in [2.05, 4.69) is 37.7 Å². The number of hydrogen-bond donors (Lipinski definition) is 1. The van der Waals surface area contributed by atoms with Gasteiger partial charge in [0.2, 0.25) is 0 Å². The first-order valence-corrected chi connectivity index (χ1v) is 6.56. The van der Waals surface area contributed by atoms with E-state index in [4.69, 9.17) is 5.73 Å². The first kappa shape index (κ1) is 10.9. The summed E-state index contributed by atoms with van der Waals surface area (Å²) in [6.07, 6.45) is 4.28. The zero-order valence-electron chi connectivity index (χ0n) is 9.39. The van der Waals surface area contributed by atoms with Crippen LogP contribution in [0.2, 0.25) is 0 Å². The van der Waals surface area contributed by atoms with E-state index in [9.17, 15) is 0 Å². The monoisotopic (exact) mass is 341 g/mol. The third kappa shape index (κ3) is 2.01. The number of nitrogens with two attached hydrogens (primary N) is 1. The summed E-state index contributed by atoms with van der Waals surface area (Å²) in [5.74, 6) is 1.75. The van der Waals surface area contributed by atoms with Gasteiger partial charge in [-0.05, 0) is 41.5 Å². The maximum Gasteiger partial charge on any atom is 0.182 e. The zero-order chi connectivity index (χ0) is 12.0. The van der Waals surface area contributed by atoms with Gasteiger partial charge in [-0.2, -0.15) is 5.10 Å². The summed E-state index contributed by atoms with van der Waals surface area (Å²) in [7, 11) is 1.88. The van der Waals surface area contributed by atoms with E-state index < -0.39 is 0 Å². The predicted molar refractivity (Wildman–Crippen MR) is 73.3 cm³/mol. The van der Waals surface area contributed by atoms with Crippen molar-refractivity contribution in [3.63, 3.8) is 0 Å². The molecule has 0 aliphatic heterocycles. The van der Waals surface area contributed by atoms with Crippen LogP contribution in [0, 0.1) is 3.57 Å².